The molecule has 0 aromatic carbocycles. The van der Waals surface area contributed by atoms with Crippen molar-refractivity contribution in [3.05, 3.63) is 24.4 Å². The van der Waals surface area contributed by atoms with Crippen LogP contribution in [0.5, 0.6) is 0 Å². The molecule has 1 aliphatic rings. The number of hydrogen-bond donors (Lipinski definition) is 1. The van der Waals surface area contributed by atoms with Gasteiger partial charge in [0.05, 0.1) is 6.54 Å². The maximum Gasteiger partial charge on any atom is 0.240 e. The molecule has 2 atom stereocenters. The van der Waals surface area contributed by atoms with Gasteiger partial charge in [0.1, 0.15) is 0 Å². The first-order valence-corrected chi connectivity index (χ1v) is 5.93. The molecule has 1 heterocycles. The topological polar surface area (TPSA) is 51.0 Å². The fourth-order valence-corrected chi connectivity index (χ4v) is 2.23. The maximum absolute atomic E-state index is 5.20. The minimum atomic E-state index is 0.506. The molecule has 0 saturated heterocycles. The first-order valence-electron chi connectivity index (χ1n) is 5.93. The van der Waals surface area contributed by atoms with Crippen LogP contribution in [0.25, 0.3) is 0 Å². The average molecular weight is 221 g/mol. The predicted molar refractivity (Wildman–Crippen MR) is 62.0 cm³/mol. The van der Waals surface area contributed by atoms with Gasteiger partial charge in [-0.3, -0.25) is 0 Å². The van der Waals surface area contributed by atoms with E-state index in [1.54, 1.807) is 0 Å². The third kappa shape index (κ3) is 2.70. The number of nitrogens with one attached hydrogen (secondary N) is 1. The molecule has 0 amide bonds. The summed E-state index contributed by atoms with van der Waals surface area (Å²) in [6.45, 7) is 7.31. The van der Waals surface area contributed by atoms with Crippen molar-refractivity contribution in [3.63, 3.8) is 0 Å². The molecule has 4 nitrogen and oxygen atoms in total. The summed E-state index contributed by atoms with van der Waals surface area (Å²) in [7, 11) is 0. The molecule has 88 valence electrons. The SMILES string of the molecule is C=CCNCc1nc(C2CCC(C)C2)no1. The van der Waals surface area contributed by atoms with E-state index < -0.39 is 0 Å². The molecule has 1 aromatic rings. The van der Waals surface area contributed by atoms with Gasteiger partial charge in [0.2, 0.25) is 5.89 Å². The Balaban J connectivity index is 1.89. The Bertz CT molecular complexity index is 348. The molecule has 2 unspecified atom stereocenters. The van der Waals surface area contributed by atoms with Gasteiger partial charge in [0, 0.05) is 12.5 Å². The van der Waals surface area contributed by atoms with Gasteiger partial charge in [-0.25, -0.2) is 0 Å². The lowest BCUT2D eigenvalue weighted by molar-refractivity contribution is 0.362. The highest BCUT2D eigenvalue weighted by Gasteiger charge is 2.26. The summed E-state index contributed by atoms with van der Waals surface area (Å²) in [5.41, 5.74) is 0. The van der Waals surface area contributed by atoms with Crippen molar-refractivity contribution >= 4 is 0 Å². The van der Waals surface area contributed by atoms with Gasteiger partial charge in [-0.15, -0.1) is 6.58 Å². The molecule has 16 heavy (non-hydrogen) atoms. The number of hydrogen-bond acceptors (Lipinski definition) is 4. The average Bonchev–Trinajstić information content (AvgIpc) is 2.87. The Hall–Kier alpha value is -1.16. The molecular formula is C12H19N3O. The Morgan fingerprint density at radius 2 is 2.44 bits per heavy atom. The second-order valence-electron chi connectivity index (χ2n) is 4.58. The second-order valence-corrected chi connectivity index (χ2v) is 4.58. The number of nitrogens with zero attached hydrogens (tertiary/aromatic N) is 2. The standard InChI is InChI=1S/C12H19N3O/c1-3-6-13-8-11-14-12(15-16-11)10-5-4-9(2)7-10/h3,9-10,13H,1,4-8H2,2H3. The highest BCUT2D eigenvalue weighted by atomic mass is 16.5. The summed E-state index contributed by atoms with van der Waals surface area (Å²) < 4.78 is 5.20. The van der Waals surface area contributed by atoms with E-state index >= 15 is 0 Å². The van der Waals surface area contributed by atoms with Gasteiger partial charge in [-0.05, 0) is 25.2 Å². The van der Waals surface area contributed by atoms with E-state index in [0.717, 1.165) is 18.3 Å². The van der Waals surface area contributed by atoms with Crippen LogP contribution in [0, 0.1) is 5.92 Å². The van der Waals surface area contributed by atoms with E-state index in [2.05, 4.69) is 29.0 Å². The van der Waals surface area contributed by atoms with Gasteiger partial charge in [-0.1, -0.05) is 18.2 Å². The van der Waals surface area contributed by atoms with E-state index in [1.165, 1.54) is 19.3 Å². The van der Waals surface area contributed by atoms with E-state index in [-0.39, 0.29) is 0 Å². The smallest absolute Gasteiger partial charge is 0.240 e. The number of rotatable bonds is 5. The zero-order valence-corrected chi connectivity index (χ0v) is 9.78. The monoisotopic (exact) mass is 221 g/mol. The van der Waals surface area contributed by atoms with E-state index in [4.69, 9.17) is 4.52 Å². The van der Waals surface area contributed by atoms with E-state index in [1.807, 2.05) is 6.08 Å². The molecule has 4 heteroatoms. The summed E-state index contributed by atoms with van der Waals surface area (Å²) in [6, 6.07) is 0. The molecule has 1 N–H and O–H groups in total. The Morgan fingerprint density at radius 1 is 1.56 bits per heavy atom. The van der Waals surface area contributed by atoms with Crippen molar-refractivity contribution in [1.82, 2.24) is 15.5 Å². The molecule has 1 saturated carbocycles. The molecule has 2 rings (SSSR count). The molecule has 0 radical (unpaired) electrons. The Kier molecular flexibility index (Phi) is 3.72. The predicted octanol–water partition coefficient (Wildman–Crippen LogP) is 2.25. The van der Waals surface area contributed by atoms with Crippen LogP contribution < -0.4 is 5.32 Å². The minimum Gasteiger partial charge on any atom is -0.338 e. The zero-order chi connectivity index (χ0) is 11.4. The fourth-order valence-electron chi connectivity index (χ4n) is 2.23. The summed E-state index contributed by atoms with van der Waals surface area (Å²) in [4.78, 5) is 4.42. The van der Waals surface area contributed by atoms with Crippen LogP contribution in [0.4, 0.5) is 0 Å². The van der Waals surface area contributed by atoms with Crippen LogP contribution in [-0.2, 0) is 6.54 Å². The van der Waals surface area contributed by atoms with Crippen LogP contribution >= 0.6 is 0 Å². The van der Waals surface area contributed by atoms with E-state index in [9.17, 15) is 0 Å². The third-order valence-corrected chi connectivity index (χ3v) is 3.11. The second kappa shape index (κ2) is 5.25. The van der Waals surface area contributed by atoms with Crippen LogP contribution in [-0.4, -0.2) is 16.7 Å². The fraction of sp³-hybridized carbons (Fsp3) is 0.667. The van der Waals surface area contributed by atoms with Gasteiger partial charge >= 0.3 is 0 Å². The molecule has 1 aliphatic carbocycles. The van der Waals surface area contributed by atoms with Crippen molar-refractivity contribution in [1.29, 1.82) is 0 Å². The summed E-state index contributed by atoms with van der Waals surface area (Å²) >= 11 is 0. The Morgan fingerprint density at radius 3 is 3.12 bits per heavy atom. The normalized spacial score (nSPS) is 24.8. The van der Waals surface area contributed by atoms with Crippen LogP contribution in [0.3, 0.4) is 0 Å². The quantitative estimate of drug-likeness (QED) is 0.612. The van der Waals surface area contributed by atoms with Crippen LogP contribution in [0.1, 0.15) is 43.8 Å². The number of aromatic nitrogens is 2. The first-order chi connectivity index (χ1) is 7.79. The van der Waals surface area contributed by atoms with Crippen molar-refractivity contribution < 1.29 is 4.52 Å². The third-order valence-electron chi connectivity index (χ3n) is 3.11. The Labute approximate surface area is 96.1 Å². The molecular weight excluding hydrogens is 202 g/mol. The molecule has 0 spiro atoms. The van der Waals surface area contributed by atoms with Crippen molar-refractivity contribution in [3.8, 4) is 0 Å². The minimum absolute atomic E-state index is 0.506. The van der Waals surface area contributed by atoms with Gasteiger partial charge in [0.25, 0.3) is 0 Å². The van der Waals surface area contributed by atoms with Gasteiger partial charge in [-0.2, -0.15) is 4.98 Å². The molecule has 0 aliphatic heterocycles. The van der Waals surface area contributed by atoms with Crippen molar-refractivity contribution in [2.45, 2.75) is 38.6 Å². The lowest BCUT2D eigenvalue weighted by Crippen LogP contribution is -2.12. The lowest BCUT2D eigenvalue weighted by Gasteiger charge is -2.01. The summed E-state index contributed by atoms with van der Waals surface area (Å²) in [5, 5.41) is 7.21. The van der Waals surface area contributed by atoms with E-state index in [0.29, 0.717) is 18.4 Å². The first kappa shape index (κ1) is 11.3. The summed E-state index contributed by atoms with van der Waals surface area (Å²) in [5.74, 6) is 2.87. The molecule has 0 bridgehead atoms. The van der Waals surface area contributed by atoms with Crippen molar-refractivity contribution in [2.24, 2.45) is 5.92 Å². The largest absolute Gasteiger partial charge is 0.338 e. The zero-order valence-electron chi connectivity index (χ0n) is 9.78. The highest BCUT2D eigenvalue weighted by Crippen LogP contribution is 2.36. The van der Waals surface area contributed by atoms with Gasteiger partial charge < -0.3 is 9.84 Å². The van der Waals surface area contributed by atoms with Gasteiger partial charge in [0.15, 0.2) is 5.82 Å². The molecule has 1 aromatic heterocycles. The van der Waals surface area contributed by atoms with Crippen LogP contribution in [0.2, 0.25) is 0 Å². The lowest BCUT2D eigenvalue weighted by atomic mass is 10.1. The highest BCUT2D eigenvalue weighted by molar-refractivity contribution is 4.99. The molecule has 1 fully saturated rings. The van der Waals surface area contributed by atoms with Crippen molar-refractivity contribution in [2.75, 3.05) is 6.54 Å². The maximum atomic E-state index is 5.20. The van der Waals surface area contributed by atoms with Crippen LogP contribution in [0.15, 0.2) is 17.2 Å². The summed E-state index contributed by atoms with van der Waals surface area (Å²) in [6.07, 6.45) is 5.48.